The Morgan fingerprint density at radius 3 is 2.80 bits per heavy atom. The van der Waals surface area contributed by atoms with Crippen LogP contribution in [0, 0.1) is 0 Å². The van der Waals surface area contributed by atoms with Crippen molar-refractivity contribution in [2.75, 3.05) is 0 Å². The van der Waals surface area contributed by atoms with E-state index in [0.29, 0.717) is 24.3 Å². The van der Waals surface area contributed by atoms with Gasteiger partial charge in [-0.3, -0.25) is 19.8 Å². The smallest absolute Gasteiger partial charge is 0.315 e. The van der Waals surface area contributed by atoms with Gasteiger partial charge in [-0.2, -0.15) is 0 Å². The zero-order valence-corrected chi connectivity index (χ0v) is 16.8. The van der Waals surface area contributed by atoms with Crippen molar-refractivity contribution in [1.29, 1.82) is 0 Å². The highest BCUT2D eigenvalue weighted by atomic mass is 16.2. The molecule has 7 heteroatoms. The van der Waals surface area contributed by atoms with Crippen LogP contribution in [0.2, 0.25) is 0 Å². The molecule has 0 aromatic carbocycles. The van der Waals surface area contributed by atoms with Crippen LogP contribution in [0.15, 0.2) is 54.0 Å². The number of Topliss-reactive ketones (excluding diaryl/α,β-unsaturated/α-hetero) is 1. The first kappa shape index (κ1) is 19.9. The Labute approximate surface area is 175 Å². The molecule has 1 aliphatic heterocycles. The van der Waals surface area contributed by atoms with Crippen molar-refractivity contribution < 1.29 is 9.59 Å². The standard InChI is InChI=1S/C23H25N5O2/c29-22-20(17-5-4-9-24-14-17)15-26-21(22)12-19-11-16(8-10-25-19)13-27-23(30)28-18-6-2-1-3-7-18/h4-5,8-11,14-15,18H,1-3,6-7,12-13H2,(H2,27,28,30). The first-order valence-corrected chi connectivity index (χ1v) is 10.4. The summed E-state index contributed by atoms with van der Waals surface area (Å²) in [5.74, 6) is -0.0970. The molecule has 4 rings (SSSR count). The summed E-state index contributed by atoms with van der Waals surface area (Å²) in [6, 6.07) is 7.54. The van der Waals surface area contributed by atoms with E-state index in [4.69, 9.17) is 0 Å². The van der Waals surface area contributed by atoms with Crippen molar-refractivity contribution in [3.05, 3.63) is 65.9 Å². The third-order valence-corrected chi connectivity index (χ3v) is 5.45. The molecule has 0 atom stereocenters. The fourth-order valence-electron chi connectivity index (χ4n) is 3.84. The quantitative estimate of drug-likeness (QED) is 0.774. The molecular formula is C23H25N5O2. The predicted molar refractivity (Wildman–Crippen MR) is 115 cm³/mol. The highest BCUT2D eigenvalue weighted by Crippen LogP contribution is 2.21. The molecule has 2 N–H and O–H groups in total. The van der Waals surface area contributed by atoms with Gasteiger partial charge in [-0.25, -0.2) is 4.79 Å². The molecule has 0 radical (unpaired) electrons. The van der Waals surface area contributed by atoms with Crippen LogP contribution >= 0.6 is 0 Å². The molecule has 2 amide bonds. The normalized spacial score (nSPS) is 16.7. The van der Waals surface area contributed by atoms with Gasteiger partial charge in [0.2, 0.25) is 5.78 Å². The maximum Gasteiger partial charge on any atom is 0.315 e. The molecule has 1 saturated carbocycles. The van der Waals surface area contributed by atoms with E-state index < -0.39 is 0 Å². The SMILES string of the molecule is O=C(NCc1ccnc(CC2=NC=C(c3cccnc3)C2=O)c1)NC1CCCCC1. The Bertz CT molecular complexity index is 978. The van der Waals surface area contributed by atoms with E-state index in [1.165, 1.54) is 19.3 Å². The number of urea groups is 1. The molecule has 2 aromatic heterocycles. The number of amides is 2. The maximum atomic E-state index is 12.7. The van der Waals surface area contributed by atoms with Gasteiger partial charge in [-0.15, -0.1) is 0 Å². The summed E-state index contributed by atoms with van der Waals surface area (Å²) in [5, 5.41) is 5.96. The third-order valence-electron chi connectivity index (χ3n) is 5.45. The maximum absolute atomic E-state index is 12.7. The minimum absolute atomic E-state index is 0.0970. The zero-order chi connectivity index (χ0) is 20.8. The van der Waals surface area contributed by atoms with Crippen molar-refractivity contribution in [3.8, 4) is 0 Å². The topological polar surface area (TPSA) is 96.3 Å². The van der Waals surface area contributed by atoms with Gasteiger partial charge in [0.05, 0.1) is 11.3 Å². The van der Waals surface area contributed by atoms with E-state index in [1.807, 2.05) is 18.2 Å². The number of allylic oxidation sites excluding steroid dienone is 1. The molecule has 1 aliphatic carbocycles. The molecule has 1 fully saturated rings. The van der Waals surface area contributed by atoms with Crippen LogP contribution in [0.1, 0.15) is 48.9 Å². The van der Waals surface area contributed by atoms with Gasteiger partial charge in [0.15, 0.2) is 0 Å². The van der Waals surface area contributed by atoms with E-state index in [0.717, 1.165) is 29.7 Å². The summed E-state index contributed by atoms with van der Waals surface area (Å²) >= 11 is 0. The average Bonchev–Trinajstić information content (AvgIpc) is 3.14. The van der Waals surface area contributed by atoms with E-state index in [2.05, 4.69) is 25.6 Å². The van der Waals surface area contributed by atoms with Crippen molar-refractivity contribution >= 4 is 23.1 Å². The number of pyridine rings is 2. The lowest BCUT2D eigenvalue weighted by molar-refractivity contribution is -0.108. The Balaban J connectivity index is 1.31. The number of rotatable bonds is 6. The Morgan fingerprint density at radius 2 is 2.00 bits per heavy atom. The van der Waals surface area contributed by atoms with E-state index >= 15 is 0 Å². The van der Waals surface area contributed by atoms with Crippen molar-refractivity contribution in [2.45, 2.75) is 51.1 Å². The molecule has 3 heterocycles. The van der Waals surface area contributed by atoms with Crippen LogP contribution in [-0.2, 0) is 17.8 Å². The monoisotopic (exact) mass is 403 g/mol. The van der Waals surface area contributed by atoms with Crippen molar-refractivity contribution in [2.24, 2.45) is 4.99 Å². The highest BCUT2D eigenvalue weighted by Gasteiger charge is 2.23. The summed E-state index contributed by atoms with van der Waals surface area (Å²) in [5.41, 5.74) is 3.45. The molecule has 2 aliphatic rings. The number of nitrogens with zero attached hydrogens (tertiary/aromatic N) is 3. The summed E-state index contributed by atoms with van der Waals surface area (Å²) in [6.45, 7) is 0.410. The van der Waals surface area contributed by atoms with Crippen LogP contribution < -0.4 is 10.6 Å². The molecular weight excluding hydrogens is 378 g/mol. The van der Waals surface area contributed by atoms with E-state index in [-0.39, 0.29) is 17.9 Å². The van der Waals surface area contributed by atoms with Crippen LogP contribution in [0.25, 0.3) is 5.57 Å². The molecule has 2 aromatic rings. The lowest BCUT2D eigenvalue weighted by atomic mass is 9.96. The summed E-state index contributed by atoms with van der Waals surface area (Å²) in [7, 11) is 0. The van der Waals surface area contributed by atoms with Gasteiger partial charge >= 0.3 is 6.03 Å². The third kappa shape index (κ3) is 4.97. The number of carbonyl (C=O) groups excluding carboxylic acids is 2. The van der Waals surface area contributed by atoms with Gasteiger partial charge < -0.3 is 10.6 Å². The Morgan fingerprint density at radius 1 is 1.13 bits per heavy atom. The second kappa shape index (κ2) is 9.43. The summed E-state index contributed by atoms with van der Waals surface area (Å²) < 4.78 is 0. The number of nitrogens with one attached hydrogen (secondary N) is 2. The number of carbonyl (C=O) groups is 2. The molecule has 7 nitrogen and oxygen atoms in total. The lowest BCUT2D eigenvalue weighted by Gasteiger charge is -2.22. The van der Waals surface area contributed by atoms with Crippen LogP contribution in [-0.4, -0.2) is 33.5 Å². The van der Waals surface area contributed by atoms with Crippen molar-refractivity contribution in [1.82, 2.24) is 20.6 Å². The van der Waals surface area contributed by atoms with Crippen LogP contribution in [0.4, 0.5) is 4.79 Å². The Kier molecular flexibility index (Phi) is 6.27. The first-order chi connectivity index (χ1) is 14.7. The minimum atomic E-state index is -0.138. The number of ketones is 1. The highest BCUT2D eigenvalue weighted by molar-refractivity contribution is 6.58. The molecule has 0 bridgehead atoms. The largest absolute Gasteiger partial charge is 0.335 e. The van der Waals surface area contributed by atoms with Gasteiger partial charge in [-0.05, 0) is 36.6 Å². The minimum Gasteiger partial charge on any atom is -0.335 e. The number of aromatic nitrogens is 2. The van der Waals surface area contributed by atoms with Crippen molar-refractivity contribution in [3.63, 3.8) is 0 Å². The number of hydrogen-bond acceptors (Lipinski definition) is 5. The fourth-order valence-corrected chi connectivity index (χ4v) is 3.84. The summed E-state index contributed by atoms with van der Waals surface area (Å²) in [4.78, 5) is 37.5. The zero-order valence-electron chi connectivity index (χ0n) is 16.8. The first-order valence-electron chi connectivity index (χ1n) is 10.4. The van der Waals surface area contributed by atoms with Gasteiger partial charge in [0.25, 0.3) is 0 Å². The van der Waals surface area contributed by atoms with Gasteiger partial charge in [0, 0.05) is 55.1 Å². The molecule has 0 unspecified atom stereocenters. The Hall–Kier alpha value is -3.35. The fraction of sp³-hybridized carbons (Fsp3) is 0.348. The number of hydrogen-bond donors (Lipinski definition) is 2. The summed E-state index contributed by atoms with van der Waals surface area (Å²) in [6.07, 6.45) is 12.7. The van der Waals surface area contributed by atoms with Crippen LogP contribution in [0.5, 0.6) is 0 Å². The van der Waals surface area contributed by atoms with E-state index in [9.17, 15) is 9.59 Å². The lowest BCUT2D eigenvalue weighted by Crippen LogP contribution is -2.42. The van der Waals surface area contributed by atoms with Gasteiger partial charge in [-0.1, -0.05) is 25.3 Å². The molecule has 30 heavy (non-hydrogen) atoms. The predicted octanol–water partition coefficient (Wildman–Crippen LogP) is 3.22. The second-order valence-electron chi connectivity index (χ2n) is 7.68. The second-order valence-corrected chi connectivity index (χ2v) is 7.68. The molecule has 154 valence electrons. The number of aliphatic imine (C=N–C) groups is 1. The van der Waals surface area contributed by atoms with E-state index in [1.54, 1.807) is 30.9 Å². The van der Waals surface area contributed by atoms with Crippen LogP contribution in [0.3, 0.4) is 0 Å². The molecule has 0 spiro atoms. The average molecular weight is 403 g/mol. The van der Waals surface area contributed by atoms with Gasteiger partial charge in [0.1, 0.15) is 0 Å². The molecule has 0 saturated heterocycles.